The number of carbonyl (C=O) groups excluding carboxylic acids is 3. The summed E-state index contributed by atoms with van der Waals surface area (Å²) in [5.41, 5.74) is 1.40. The molecule has 3 aromatic heterocycles. The quantitative estimate of drug-likeness (QED) is 0.128. The minimum absolute atomic E-state index is 0.199. The molecule has 5 heterocycles. The maximum absolute atomic E-state index is 14.3. The molecule has 2 saturated heterocycles. The molecule has 3 amide bonds. The number of amides is 3. The van der Waals surface area contributed by atoms with E-state index in [0.29, 0.717) is 29.5 Å². The number of fused-ring (bicyclic) bond motifs is 4. The first kappa shape index (κ1) is 40.3. The fraction of sp³-hybridized carbons (Fsp3) is 0.476. The van der Waals surface area contributed by atoms with Gasteiger partial charge in [0.2, 0.25) is 17.6 Å². The van der Waals surface area contributed by atoms with E-state index in [-0.39, 0.29) is 41.3 Å². The molecule has 19 heteroatoms. The number of aromatic hydroxyl groups is 1. The van der Waals surface area contributed by atoms with Gasteiger partial charge in [0.1, 0.15) is 6.04 Å². The van der Waals surface area contributed by atoms with Crippen LogP contribution in [0.25, 0.3) is 22.6 Å². The van der Waals surface area contributed by atoms with E-state index in [2.05, 4.69) is 35.8 Å². The number of hydrogen-bond donors (Lipinski definition) is 3. The predicted molar refractivity (Wildman–Crippen MR) is 213 cm³/mol. The van der Waals surface area contributed by atoms with Crippen LogP contribution < -0.4 is 21.2 Å². The van der Waals surface area contributed by atoms with Gasteiger partial charge in [0.05, 0.1) is 16.6 Å². The summed E-state index contributed by atoms with van der Waals surface area (Å²) in [6.07, 6.45) is 6.73. The molecule has 61 heavy (non-hydrogen) atoms. The van der Waals surface area contributed by atoms with Crippen molar-refractivity contribution < 1.29 is 37.2 Å². The van der Waals surface area contributed by atoms with E-state index in [4.69, 9.17) is 9.51 Å². The number of phenols is 1. The first-order valence-corrected chi connectivity index (χ1v) is 20.7. The number of aromatic nitrogens is 6. The molecule has 320 valence electrons. The van der Waals surface area contributed by atoms with Crippen molar-refractivity contribution in [1.29, 1.82) is 0 Å². The average Bonchev–Trinajstić information content (AvgIpc) is 3.88. The number of aryl methyl sites for hydroxylation is 2. The van der Waals surface area contributed by atoms with Crippen molar-refractivity contribution in [3.8, 4) is 17.3 Å². The third-order valence-electron chi connectivity index (χ3n) is 13.5. The van der Waals surface area contributed by atoms with Crippen LogP contribution in [0.3, 0.4) is 0 Å². The monoisotopic (exact) mass is 842 g/mol. The Balaban J connectivity index is 0.744. The molecule has 3 aliphatic carbocycles. The van der Waals surface area contributed by atoms with Gasteiger partial charge in [-0.3, -0.25) is 33.7 Å². The van der Waals surface area contributed by atoms with Crippen molar-refractivity contribution >= 4 is 34.6 Å². The number of anilines is 1. The number of halogens is 3. The van der Waals surface area contributed by atoms with E-state index in [0.717, 1.165) is 101 Å². The fourth-order valence-electron chi connectivity index (χ4n) is 9.63. The molecule has 2 bridgehead atoms. The van der Waals surface area contributed by atoms with Crippen LogP contribution in [0.2, 0.25) is 0 Å². The van der Waals surface area contributed by atoms with E-state index in [1.54, 1.807) is 11.6 Å². The number of benzene rings is 2. The smallest absolute Gasteiger partial charge is 0.329 e. The van der Waals surface area contributed by atoms with Crippen molar-refractivity contribution in [3.05, 3.63) is 81.3 Å². The van der Waals surface area contributed by atoms with Crippen LogP contribution in [0.5, 0.6) is 5.75 Å². The second-order valence-corrected chi connectivity index (χ2v) is 17.0. The molecule has 0 radical (unpaired) electrons. The summed E-state index contributed by atoms with van der Waals surface area (Å²) in [5, 5.41) is 27.6. The van der Waals surface area contributed by atoms with Crippen molar-refractivity contribution in [1.82, 2.24) is 45.0 Å². The highest BCUT2D eigenvalue weighted by atomic mass is 19.2. The second-order valence-electron chi connectivity index (χ2n) is 17.0. The minimum Gasteiger partial charge on any atom is -0.503 e. The Morgan fingerprint density at radius 1 is 0.951 bits per heavy atom. The van der Waals surface area contributed by atoms with Crippen molar-refractivity contribution in [2.75, 3.05) is 44.2 Å². The van der Waals surface area contributed by atoms with E-state index < -0.39 is 46.6 Å². The predicted octanol–water partition coefficient (Wildman–Crippen LogP) is 4.06. The van der Waals surface area contributed by atoms with Gasteiger partial charge in [0.15, 0.2) is 34.7 Å². The van der Waals surface area contributed by atoms with Gasteiger partial charge in [-0.05, 0) is 106 Å². The lowest BCUT2D eigenvalue weighted by molar-refractivity contribution is -0.135. The molecule has 5 fully saturated rings. The Kier molecular flexibility index (Phi) is 10.4. The second kappa shape index (κ2) is 15.7. The van der Waals surface area contributed by atoms with Crippen LogP contribution in [0.4, 0.5) is 19.0 Å². The molecule has 5 aromatic rings. The van der Waals surface area contributed by atoms with Gasteiger partial charge in [0.25, 0.3) is 11.8 Å². The third-order valence-corrected chi connectivity index (χ3v) is 13.5. The van der Waals surface area contributed by atoms with Crippen LogP contribution >= 0.6 is 0 Å². The summed E-state index contributed by atoms with van der Waals surface area (Å²) < 4.78 is 50.7. The lowest BCUT2D eigenvalue weighted by Crippen LogP contribution is -2.49. The number of hydrogen-bond acceptors (Lipinski definition) is 12. The van der Waals surface area contributed by atoms with Crippen LogP contribution in [0, 0.1) is 22.9 Å². The van der Waals surface area contributed by atoms with E-state index >= 15 is 0 Å². The standard InChI is InChI=1S/C42H45F3N10O6/c1-52-30-21-24(4-6-28(30)55(40(52)60)29-7-9-32(56)47-37(29)59)3-2-16-53-17-19-54(20-18-53)31-8-5-27(49-50-31)38-48-39(51-61-38)42-13-10-41(11-14-42,12-15-42)23-46-36(58)25-22-26(43)35(57)34(45)33(25)44/h4-6,8,21-22,29,57H,2-3,7,9-20,23H2,1H3,(H,46,58)(H,47,56,59)/t29?,41-,42+. The molecular formula is C42H45F3N10O6. The Hall–Kier alpha value is -6.11. The van der Waals surface area contributed by atoms with Gasteiger partial charge >= 0.3 is 5.69 Å². The number of carbonyl (C=O) groups is 3. The average molecular weight is 843 g/mol. The number of imidazole rings is 1. The highest BCUT2D eigenvalue weighted by molar-refractivity contribution is 6.00. The number of nitrogens with one attached hydrogen (secondary N) is 2. The van der Waals surface area contributed by atoms with Gasteiger partial charge < -0.3 is 19.8 Å². The molecule has 5 aliphatic rings. The highest BCUT2D eigenvalue weighted by Gasteiger charge is 2.51. The van der Waals surface area contributed by atoms with Gasteiger partial charge in [-0.15, -0.1) is 10.2 Å². The highest BCUT2D eigenvalue weighted by Crippen LogP contribution is 2.57. The number of rotatable bonds is 11. The summed E-state index contributed by atoms with van der Waals surface area (Å²) >= 11 is 0. The molecule has 2 aromatic carbocycles. The summed E-state index contributed by atoms with van der Waals surface area (Å²) in [5.74, 6) is -6.31. The van der Waals surface area contributed by atoms with Gasteiger partial charge in [-0.25, -0.2) is 13.6 Å². The Morgan fingerprint density at radius 3 is 2.41 bits per heavy atom. The van der Waals surface area contributed by atoms with Crippen LogP contribution in [0.15, 0.2) is 45.7 Å². The van der Waals surface area contributed by atoms with Crippen LogP contribution in [0.1, 0.15) is 85.6 Å². The largest absolute Gasteiger partial charge is 0.503 e. The van der Waals surface area contributed by atoms with Gasteiger partial charge in [0, 0.05) is 51.6 Å². The minimum atomic E-state index is -1.79. The summed E-state index contributed by atoms with van der Waals surface area (Å²) in [6.45, 7) is 4.45. The zero-order valence-electron chi connectivity index (χ0n) is 33.6. The van der Waals surface area contributed by atoms with Gasteiger partial charge in [-0.1, -0.05) is 11.2 Å². The number of phenolic OH excluding ortho intramolecular Hbond substituents is 1. The zero-order valence-corrected chi connectivity index (χ0v) is 33.6. The number of nitrogens with zero attached hydrogens (tertiary/aromatic N) is 8. The zero-order chi connectivity index (χ0) is 42.6. The van der Waals surface area contributed by atoms with E-state index in [1.807, 2.05) is 30.3 Å². The van der Waals surface area contributed by atoms with Crippen molar-refractivity contribution in [3.63, 3.8) is 0 Å². The van der Waals surface area contributed by atoms with E-state index in [1.165, 1.54) is 4.57 Å². The third kappa shape index (κ3) is 7.41. The Morgan fingerprint density at radius 2 is 1.70 bits per heavy atom. The van der Waals surface area contributed by atoms with E-state index in [9.17, 15) is 37.5 Å². The summed E-state index contributed by atoms with van der Waals surface area (Å²) in [4.78, 5) is 59.3. The molecule has 3 N–H and O–H groups in total. The molecule has 2 aliphatic heterocycles. The summed E-state index contributed by atoms with van der Waals surface area (Å²) in [7, 11) is 1.70. The Labute approximate surface area is 347 Å². The normalized spacial score (nSPS) is 23.1. The fourth-order valence-corrected chi connectivity index (χ4v) is 9.63. The first-order valence-electron chi connectivity index (χ1n) is 20.7. The van der Waals surface area contributed by atoms with Crippen molar-refractivity contribution in [2.45, 2.75) is 75.7 Å². The van der Waals surface area contributed by atoms with Crippen molar-refractivity contribution in [2.24, 2.45) is 12.5 Å². The molecular weight excluding hydrogens is 798 g/mol. The maximum Gasteiger partial charge on any atom is 0.329 e. The SMILES string of the molecule is Cn1c(=O)n(C2CCC(=O)NC2=O)c2ccc(CCCN3CCN(c4ccc(-c5nc([C@]67CC[C@](CNC(=O)c8cc(F)c(O)c(F)c8F)(CC6)CC7)no5)nn4)CC3)cc21. The lowest BCUT2D eigenvalue weighted by atomic mass is 9.53. The molecule has 10 rings (SSSR count). The summed E-state index contributed by atoms with van der Waals surface area (Å²) in [6, 6.07) is 9.45. The van der Waals surface area contributed by atoms with Gasteiger partial charge in [-0.2, -0.15) is 9.37 Å². The first-order chi connectivity index (χ1) is 29.3. The van der Waals surface area contributed by atoms with Crippen LogP contribution in [-0.4, -0.2) is 96.5 Å². The Bertz CT molecular complexity index is 2580. The topological polar surface area (TPSA) is 194 Å². The maximum atomic E-state index is 14.3. The number of piperazine rings is 1. The molecule has 3 saturated carbocycles. The molecule has 16 nitrogen and oxygen atoms in total. The number of imide groups is 1. The van der Waals surface area contributed by atoms with Crippen LogP contribution in [-0.2, 0) is 28.5 Å². The number of piperidine rings is 1. The molecule has 1 atom stereocenters. The lowest BCUT2D eigenvalue weighted by Gasteiger charge is -2.52. The molecule has 1 unspecified atom stereocenters. The molecule has 0 spiro atoms.